The molecule has 0 aliphatic carbocycles. The van der Waals surface area contributed by atoms with E-state index >= 15 is 0 Å². The van der Waals surface area contributed by atoms with Gasteiger partial charge in [-0.3, -0.25) is 0 Å². The Morgan fingerprint density at radius 1 is 1.43 bits per heavy atom. The Kier molecular flexibility index (Phi) is 5.75. The fourth-order valence-electron chi connectivity index (χ4n) is 1.20. The van der Waals surface area contributed by atoms with E-state index in [0.717, 1.165) is 22.8 Å². The van der Waals surface area contributed by atoms with Gasteiger partial charge in [0.2, 0.25) is 0 Å². The molecule has 0 saturated carbocycles. The molecule has 0 aliphatic rings. The Morgan fingerprint density at radius 2 is 2.21 bits per heavy atom. The van der Waals surface area contributed by atoms with Crippen LogP contribution in [-0.2, 0) is 6.42 Å². The van der Waals surface area contributed by atoms with Gasteiger partial charge in [0.15, 0.2) is 0 Å². The minimum Gasteiger partial charge on any atom is -0.165 e. The standard InChI is InChI=1S/C10H12ClFS2/c1-13-10-5-4-8(7-9(10)11)3-2-6-14-12/h4-5,7H,2-3,6H2,1H3. The molecular weight excluding hydrogens is 239 g/mol. The van der Waals surface area contributed by atoms with Crippen molar-refractivity contribution in [2.24, 2.45) is 0 Å². The Morgan fingerprint density at radius 3 is 2.79 bits per heavy atom. The molecule has 0 radical (unpaired) electrons. The molecule has 0 spiro atoms. The molecule has 0 bridgehead atoms. The predicted molar refractivity (Wildman–Crippen MR) is 65.1 cm³/mol. The summed E-state index contributed by atoms with van der Waals surface area (Å²) < 4.78 is 11.8. The molecule has 0 fully saturated rings. The predicted octanol–water partition coefficient (Wildman–Crippen LogP) is 4.61. The number of hydrogen-bond acceptors (Lipinski definition) is 2. The van der Waals surface area contributed by atoms with Gasteiger partial charge in [0.25, 0.3) is 0 Å². The SMILES string of the molecule is CSc1ccc(CCCSF)cc1Cl. The molecule has 0 unspecified atom stereocenters. The Labute approximate surface area is 97.9 Å². The second-order valence-corrected chi connectivity index (χ2v) is 4.77. The maximum atomic E-state index is 11.8. The van der Waals surface area contributed by atoms with Gasteiger partial charge < -0.3 is 0 Å². The van der Waals surface area contributed by atoms with E-state index in [1.54, 1.807) is 11.8 Å². The molecule has 14 heavy (non-hydrogen) atoms. The lowest BCUT2D eigenvalue weighted by atomic mass is 10.1. The van der Waals surface area contributed by atoms with Gasteiger partial charge in [0.05, 0.1) is 5.02 Å². The van der Waals surface area contributed by atoms with Gasteiger partial charge in [-0.05, 0) is 36.8 Å². The Hall–Kier alpha value is 0.140. The molecule has 1 aromatic carbocycles. The molecule has 0 aliphatic heterocycles. The third-order valence-corrected chi connectivity index (χ3v) is 3.57. The van der Waals surface area contributed by atoms with Crippen LogP contribution in [0.4, 0.5) is 3.89 Å². The number of aryl methyl sites for hydroxylation is 1. The van der Waals surface area contributed by atoms with Gasteiger partial charge in [-0.1, -0.05) is 17.7 Å². The van der Waals surface area contributed by atoms with Crippen LogP contribution in [0, 0.1) is 0 Å². The number of hydrogen-bond donors (Lipinski definition) is 0. The normalized spacial score (nSPS) is 10.5. The molecule has 1 rings (SSSR count). The van der Waals surface area contributed by atoms with Crippen molar-refractivity contribution in [2.75, 3.05) is 12.0 Å². The van der Waals surface area contributed by atoms with E-state index in [9.17, 15) is 3.89 Å². The minimum absolute atomic E-state index is 0.396. The molecule has 0 aromatic heterocycles. The fraction of sp³-hybridized carbons (Fsp3) is 0.400. The molecule has 0 nitrogen and oxygen atoms in total. The number of rotatable bonds is 5. The third kappa shape index (κ3) is 3.71. The summed E-state index contributed by atoms with van der Waals surface area (Å²) in [6.07, 6.45) is 3.75. The molecule has 0 heterocycles. The summed E-state index contributed by atoms with van der Waals surface area (Å²) in [6.45, 7) is 0. The van der Waals surface area contributed by atoms with Crippen molar-refractivity contribution >= 4 is 35.5 Å². The van der Waals surface area contributed by atoms with Crippen molar-refractivity contribution in [3.63, 3.8) is 0 Å². The highest BCUT2D eigenvalue weighted by Crippen LogP contribution is 2.26. The number of benzene rings is 1. The van der Waals surface area contributed by atoms with Gasteiger partial charge >= 0.3 is 0 Å². The average molecular weight is 251 g/mol. The zero-order valence-electron chi connectivity index (χ0n) is 7.93. The summed E-state index contributed by atoms with van der Waals surface area (Å²) in [5.74, 6) is 0.557. The first-order chi connectivity index (χ1) is 6.77. The summed E-state index contributed by atoms with van der Waals surface area (Å²) in [6, 6.07) is 6.04. The van der Waals surface area contributed by atoms with E-state index in [1.165, 1.54) is 5.56 Å². The number of thioether (sulfide) groups is 1. The highest BCUT2D eigenvalue weighted by molar-refractivity contribution is 7.98. The minimum atomic E-state index is 0.396. The zero-order chi connectivity index (χ0) is 10.4. The zero-order valence-corrected chi connectivity index (χ0v) is 10.3. The summed E-state index contributed by atoms with van der Waals surface area (Å²) in [5, 5.41) is 0.794. The third-order valence-electron chi connectivity index (χ3n) is 1.90. The Bertz CT molecular complexity index is 291. The van der Waals surface area contributed by atoms with Crippen molar-refractivity contribution in [1.29, 1.82) is 0 Å². The molecule has 1 aromatic rings. The van der Waals surface area contributed by atoms with Crippen LogP contribution >= 0.6 is 35.5 Å². The molecule has 0 N–H and O–H groups in total. The van der Waals surface area contributed by atoms with E-state index in [-0.39, 0.29) is 0 Å². The molecule has 4 heteroatoms. The molecule has 0 atom stereocenters. The highest BCUT2D eigenvalue weighted by Gasteiger charge is 2.00. The van der Waals surface area contributed by atoms with E-state index in [0.29, 0.717) is 17.9 Å². The fourth-order valence-corrected chi connectivity index (χ4v) is 2.34. The second-order valence-electron chi connectivity index (χ2n) is 2.89. The van der Waals surface area contributed by atoms with E-state index in [2.05, 4.69) is 6.07 Å². The lowest BCUT2D eigenvalue weighted by Gasteiger charge is -2.04. The van der Waals surface area contributed by atoms with Crippen molar-refractivity contribution in [2.45, 2.75) is 17.7 Å². The first-order valence-electron chi connectivity index (χ1n) is 4.34. The average Bonchev–Trinajstić information content (AvgIpc) is 2.18. The van der Waals surface area contributed by atoms with Crippen LogP contribution in [0.5, 0.6) is 0 Å². The lowest BCUT2D eigenvalue weighted by molar-refractivity contribution is 0.886. The van der Waals surface area contributed by atoms with Crippen LogP contribution in [0.2, 0.25) is 5.02 Å². The van der Waals surface area contributed by atoms with E-state index in [4.69, 9.17) is 11.6 Å². The first-order valence-corrected chi connectivity index (χ1v) is 6.82. The lowest BCUT2D eigenvalue weighted by Crippen LogP contribution is -1.87. The summed E-state index contributed by atoms with van der Waals surface area (Å²) in [7, 11) is 0. The summed E-state index contributed by atoms with van der Waals surface area (Å²) in [5.41, 5.74) is 1.18. The van der Waals surface area contributed by atoms with E-state index in [1.807, 2.05) is 18.4 Å². The van der Waals surface area contributed by atoms with Gasteiger partial charge in [-0.25, -0.2) is 0 Å². The largest absolute Gasteiger partial charge is 0.165 e. The van der Waals surface area contributed by atoms with Gasteiger partial charge in [0.1, 0.15) is 0 Å². The van der Waals surface area contributed by atoms with Crippen LogP contribution in [0.1, 0.15) is 12.0 Å². The van der Waals surface area contributed by atoms with Crippen molar-refractivity contribution < 1.29 is 3.89 Å². The smallest absolute Gasteiger partial charge is 0.0544 e. The summed E-state index contributed by atoms with van der Waals surface area (Å²) in [4.78, 5) is 1.09. The topological polar surface area (TPSA) is 0 Å². The van der Waals surface area contributed by atoms with Gasteiger partial charge in [0, 0.05) is 22.8 Å². The van der Waals surface area contributed by atoms with Crippen molar-refractivity contribution in [1.82, 2.24) is 0 Å². The highest BCUT2D eigenvalue weighted by atomic mass is 35.5. The monoisotopic (exact) mass is 250 g/mol. The van der Waals surface area contributed by atoms with E-state index < -0.39 is 0 Å². The van der Waals surface area contributed by atoms with Gasteiger partial charge in [-0.15, -0.1) is 11.8 Å². The van der Waals surface area contributed by atoms with Crippen LogP contribution in [0.3, 0.4) is 0 Å². The molecule has 0 amide bonds. The van der Waals surface area contributed by atoms with Crippen molar-refractivity contribution in [3.8, 4) is 0 Å². The summed E-state index contributed by atoms with van der Waals surface area (Å²) >= 11 is 8.07. The maximum absolute atomic E-state index is 11.8. The molecule has 0 saturated heterocycles. The second kappa shape index (κ2) is 6.59. The first kappa shape index (κ1) is 12.2. The van der Waals surface area contributed by atoms with Gasteiger partial charge in [-0.2, -0.15) is 3.89 Å². The Balaban J connectivity index is 2.57. The van der Waals surface area contributed by atoms with Crippen LogP contribution < -0.4 is 0 Å². The van der Waals surface area contributed by atoms with Crippen LogP contribution in [-0.4, -0.2) is 12.0 Å². The van der Waals surface area contributed by atoms with Crippen LogP contribution in [0.25, 0.3) is 0 Å². The maximum Gasteiger partial charge on any atom is 0.0544 e. The van der Waals surface area contributed by atoms with Crippen LogP contribution in [0.15, 0.2) is 23.1 Å². The molecule has 78 valence electrons. The quantitative estimate of drug-likeness (QED) is 0.553. The number of halogens is 2. The van der Waals surface area contributed by atoms with Crippen molar-refractivity contribution in [3.05, 3.63) is 28.8 Å². The molecular formula is C10H12ClFS2.